The van der Waals surface area contributed by atoms with Gasteiger partial charge in [0.2, 0.25) is 5.91 Å². The maximum atomic E-state index is 11.9. The molecule has 0 spiro atoms. The highest BCUT2D eigenvalue weighted by Gasteiger charge is 2.21. The Morgan fingerprint density at radius 2 is 1.93 bits per heavy atom. The standard InChI is InChI=1S/C21H35N5O2/c1-16(2)24-20(27)15-25-9-11-26(12-10-25)21(22-5)23-14-18(4)28-19-8-6-7-17(3)13-19/h6-8,13,16,18H,9-12,14-15H2,1-5H3,(H,22,23)(H,24,27). The number of hydrogen-bond donors (Lipinski definition) is 2. The zero-order valence-corrected chi connectivity index (χ0v) is 17.9. The molecule has 2 rings (SSSR count). The molecule has 0 aromatic heterocycles. The Bertz CT molecular complexity index is 654. The number of hydrogen-bond acceptors (Lipinski definition) is 4. The molecular formula is C21H35N5O2. The summed E-state index contributed by atoms with van der Waals surface area (Å²) in [7, 11) is 1.80. The summed E-state index contributed by atoms with van der Waals surface area (Å²) in [5.74, 6) is 1.86. The lowest BCUT2D eigenvalue weighted by Crippen LogP contribution is -2.55. The Kier molecular flexibility index (Phi) is 8.57. The van der Waals surface area contributed by atoms with Crippen molar-refractivity contribution in [1.82, 2.24) is 20.4 Å². The molecule has 1 unspecified atom stereocenters. The molecule has 0 bridgehead atoms. The summed E-state index contributed by atoms with van der Waals surface area (Å²) in [4.78, 5) is 20.8. The van der Waals surface area contributed by atoms with E-state index in [4.69, 9.17) is 4.74 Å². The first kappa shape index (κ1) is 22.0. The predicted molar refractivity (Wildman–Crippen MR) is 114 cm³/mol. The van der Waals surface area contributed by atoms with E-state index in [-0.39, 0.29) is 18.1 Å². The number of piperazine rings is 1. The van der Waals surface area contributed by atoms with Crippen LogP contribution in [0, 0.1) is 6.92 Å². The smallest absolute Gasteiger partial charge is 0.234 e. The summed E-state index contributed by atoms with van der Waals surface area (Å²) in [6.45, 7) is 12.6. The highest BCUT2D eigenvalue weighted by atomic mass is 16.5. The van der Waals surface area contributed by atoms with Gasteiger partial charge in [-0.25, -0.2) is 0 Å². The number of rotatable bonds is 7. The summed E-state index contributed by atoms with van der Waals surface area (Å²) in [6, 6.07) is 8.27. The van der Waals surface area contributed by atoms with Crippen LogP contribution in [0.2, 0.25) is 0 Å². The van der Waals surface area contributed by atoms with Gasteiger partial charge in [-0.05, 0) is 45.4 Å². The molecule has 7 nitrogen and oxygen atoms in total. The number of amides is 1. The van der Waals surface area contributed by atoms with Crippen molar-refractivity contribution in [2.45, 2.75) is 39.8 Å². The van der Waals surface area contributed by atoms with Crippen LogP contribution < -0.4 is 15.4 Å². The minimum Gasteiger partial charge on any atom is -0.489 e. The first-order chi connectivity index (χ1) is 13.4. The van der Waals surface area contributed by atoms with Gasteiger partial charge in [0.1, 0.15) is 11.9 Å². The number of carbonyl (C=O) groups is 1. The maximum Gasteiger partial charge on any atom is 0.234 e. The third kappa shape index (κ3) is 7.38. The molecule has 28 heavy (non-hydrogen) atoms. The van der Waals surface area contributed by atoms with Crippen molar-refractivity contribution < 1.29 is 9.53 Å². The van der Waals surface area contributed by atoms with Crippen molar-refractivity contribution in [3.8, 4) is 5.75 Å². The molecule has 2 N–H and O–H groups in total. The van der Waals surface area contributed by atoms with Crippen molar-refractivity contribution in [3.63, 3.8) is 0 Å². The first-order valence-electron chi connectivity index (χ1n) is 10.1. The normalized spacial score (nSPS) is 16.8. The van der Waals surface area contributed by atoms with Gasteiger partial charge in [-0.2, -0.15) is 0 Å². The Labute approximate surface area is 169 Å². The van der Waals surface area contributed by atoms with Gasteiger partial charge in [0.05, 0.1) is 13.1 Å². The van der Waals surface area contributed by atoms with Crippen molar-refractivity contribution in [2.75, 3.05) is 46.3 Å². The van der Waals surface area contributed by atoms with Crippen LogP contribution in [-0.4, -0.2) is 80.1 Å². The van der Waals surface area contributed by atoms with E-state index >= 15 is 0 Å². The largest absolute Gasteiger partial charge is 0.489 e. The topological polar surface area (TPSA) is 69.2 Å². The minimum atomic E-state index is 0.0274. The van der Waals surface area contributed by atoms with E-state index in [2.05, 4.69) is 38.4 Å². The van der Waals surface area contributed by atoms with E-state index in [0.29, 0.717) is 13.1 Å². The lowest BCUT2D eigenvalue weighted by atomic mass is 10.2. The summed E-state index contributed by atoms with van der Waals surface area (Å²) < 4.78 is 5.98. The van der Waals surface area contributed by atoms with Gasteiger partial charge in [-0.1, -0.05) is 12.1 Å². The van der Waals surface area contributed by atoms with Gasteiger partial charge in [-0.3, -0.25) is 14.7 Å². The Hall–Kier alpha value is -2.28. The van der Waals surface area contributed by atoms with E-state index in [1.165, 1.54) is 5.56 Å². The molecule has 1 heterocycles. The van der Waals surface area contributed by atoms with Gasteiger partial charge >= 0.3 is 0 Å². The number of nitrogens with zero attached hydrogens (tertiary/aromatic N) is 3. The van der Waals surface area contributed by atoms with Crippen LogP contribution in [0.25, 0.3) is 0 Å². The minimum absolute atomic E-state index is 0.0274. The van der Waals surface area contributed by atoms with Crippen LogP contribution in [0.3, 0.4) is 0 Å². The van der Waals surface area contributed by atoms with Crippen LogP contribution in [0.5, 0.6) is 5.75 Å². The number of guanidine groups is 1. The van der Waals surface area contributed by atoms with Gasteiger partial charge in [-0.15, -0.1) is 0 Å². The number of nitrogens with one attached hydrogen (secondary N) is 2. The van der Waals surface area contributed by atoms with Crippen LogP contribution in [-0.2, 0) is 4.79 Å². The molecule has 0 radical (unpaired) electrons. The van der Waals surface area contributed by atoms with Crippen molar-refractivity contribution in [1.29, 1.82) is 0 Å². The molecule has 1 aliphatic rings. The molecule has 1 saturated heterocycles. The third-order valence-electron chi connectivity index (χ3n) is 4.57. The molecule has 156 valence electrons. The zero-order chi connectivity index (χ0) is 20.5. The van der Waals surface area contributed by atoms with Crippen molar-refractivity contribution >= 4 is 11.9 Å². The number of benzene rings is 1. The van der Waals surface area contributed by atoms with Gasteiger partial charge < -0.3 is 20.3 Å². The fourth-order valence-electron chi connectivity index (χ4n) is 3.22. The van der Waals surface area contributed by atoms with Crippen molar-refractivity contribution in [3.05, 3.63) is 29.8 Å². The van der Waals surface area contributed by atoms with Gasteiger partial charge in [0, 0.05) is 39.3 Å². The second-order valence-electron chi connectivity index (χ2n) is 7.66. The third-order valence-corrected chi connectivity index (χ3v) is 4.57. The van der Waals surface area contributed by atoms with E-state index in [1.807, 2.05) is 39.0 Å². The second kappa shape index (κ2) is 10.9. The maximum absolute atomic E-state index is 11.9. The lowest BCUT2D eigenvalue weighted by molar-refractivity contribution is -0.123. The quantitative estimate of drug-likeness (QED) is 0.546. The summed E-state index contributed by atoms with van der Waals surface area (Å²) in [5, 5.41) is 6.36. The number of aryl methyl sites for hydroxylation is 1. The second-order valence-corrected chi connectivity index (χ2v) is 7.66. The van der Waals surface area contributed by atoms with Crippen LogP contribution >= 0.6 is 0 Å². The molecule has 0 aliphatic carbocycles. The Balaban J connectivity index is 1.74. The molecule has 1 aromatic rings. The summed E-state index contributed by atoms with van der Waals surface area (Å²) in [5.41, 5.74) is 1.19. The average molecular weight is 390 g/mol. The molecule has 1 fully saturated rings. The fraction of sp³-hybridized carbons (Fsp3) is 0.619. The number of carbonyl (C=O) groups excluding carboxylic acids is 1. The van der Waals surface area contributed by atoms with Gasteiger partial charge in [0.25, 0.3) is 0 Å². The van der Waals surface area contributed by atoms with E-state index in [9.17, 15) is 4.79 Å². The Morgan fingerprint density at radius 3 is 2.54 bits per heavy atom. The molecule has 1 aliphatic heterocycles. The summed E-state index contributed by atoms with van der Waals surface area (Å²) in [6.07, 6.45) is 0.0274. The predicted octanol–water partition coefficient (Wildman–Crippen LogP) is 1.48. The molecule has 0 saturated carbocycles. The first-order valence-corrected chi connectivity index (χ1v) is 10.1. The van der Waals surface area contributed by atoms with Gasteiger partial charge in [0.15, 0.2) is 5.96 Å². The molecular weight excluding hydrogens is 354 g/mol. The Morgan fingerprint density at radius 1 is 1.21 bits per heavy atom. The van der Waals surface area contributed by atoms with E-state index in [1.54, 1.807) is 7.05 Å². The molecule has 1 aromatic carbocycles. The van der Waals surface area contributed by atoms with Crippen molar-refractivity contribution in [2.24, 2.45) is 4.99 Å². The average Bonchev–Trinajstić information content (AvgIpc) is 2.62. The fourth-order valence-corrected chi connectivity index (χ4v) is 3.22. The number of ether oxygens (including phenoxy) is 1. The van der Waals surface area contributed by atoms with E-state index in [0.717, 1.165) is 37.9 Å². The van der Waals surface area contributed by atoms with Crippen LogP contribution in [0.15, 0.2) is 29.3 Å². The highest BCUT2D eigenvalue weighted by molar-refractivity contribution is 5.80. The lowest BCUT2D eigenvalue weighted by Gasteiger charge is -2.36. The monoisotopic (exact) mass is 389 g/mol. The number of aliphatic imine (C=N–C) groups is 1. The van der Waals surface area contributed by atoms with Crippen LogP contribution in [0.4, 0.5) is 0 Å². The zero-order valence-electron chi connectivity index (χ0n) is 17.9. The van der Waals surface area contributed by atoms with Crippen LogP contribution in [0.1, 0.15) is 26.3 Å². The molecule has 1 atom stereocenters. The SMILES string of the molecule is CN=C(NCC(C)Oc1cccc(C)c1)N1CCN(CC(=O)NC(C)C)CC1. The van der Waals surface area contributed by atoms with E-state index < -0.39 is 0 Å². The molecule has 7 heteroatoms. The highest BCUT2D eigenvalue weighted by Crippen LogP contribution is 2.14. The summed E-state index contributed by atoms with van der Waals surface area (Å²) >= 11 is 0. The molecule has 1 amide bonds.